The molecule has 180 valence electrons. The first kappa shape index (κ1) is 25.5. The minimum atomic E-state index is -0.211. The summed E-state index contributed by atoms with van der Waals surface area (Å²) in [7, 11) is 3.54. The topological polar surface area (TPSA) is 112 Å². The number of allylic oxidation sites excluding steroid dienone is 3. The molecule has 34 heavy (non-hydrogen) atoms. The summed E-state index contributed by atoms with van der Waals surface area (Å²) in [5.74, 6) is 1.78. The fourth-order valence-electron chi connectivity index (χ4n) is 4.48. The summed E-state index contributed by atoms with van der Waals surface area (Å²) in [6, 6.07) is 3.84. The number of rotatable bonds is 9. The zero-order valence-corrected chi connectivity index (χ0v) is 20.8. The molecule has 2 aromatic rings. The molecule has 0 bridgehead atoms. The molecule has 3 N–H and O–H groups in total. The molecule has 1 unspecified atom stereocenters. The van der Waals surface area contributed by atoms with E-state index in [2.05, 4.69) is 27.5 Å². The van der Waals surface area contributed by atoms with E-state index in [9.17, 15) is 10.4 Å². The van der Waals surface area contributed by atoms with Crippen LogP contribution < -0.4 is 15.4 Å². The van der Waals surface area contributed by atoms with Gasteiger partial charge in [0, 0.05) is 43.7 Å². The number of hydrogen-bond donors (Lipinski definition) is 2. The molecule has 1 aromatic heterocycles. The van der Waals surface area contributed by atoms with E-state index < -0.39 is 0 Å². The lowest BCUT2D eigenvalue weighted by Crippen LogP contribution is -2.46. The SMILES string of the molecule is C=C/C=C(\C)c1c(N)ncnc1N(C)C(C)c1cc(Cl)c(C#N)c(C2CN(CCO)C2)c1OC. The maximum absolute atomic E-state index is 9.85. The molecule has 0 aliphatic carbocycles. The molecule has 1 fully saturated rings. The van der Waals surface area contributed by atoms with Crippen LogP contribution in [-0.2, 0) is 0 Å². The van der Waals surface area contributed by atoms with Crippen molar-refractivity contribution >= 4 is 28.8 Å². The molecule has 3 rings (SSSR count). The van der Waals surface area contributed by atoms with Crippen molar-refractivity contribution in [1.82, 2.24) is 14.9 Å². The van der Waals surface area contributed by atoms with E-state index >= 15 is 0 Å². The van der Waals surface area contributed by atoms with Crippen LogP contribution in [0.25, 0.3) is 5.57 Å². The molecule has 1 aromatic carbocycles. The Balaban J connectivity index is 2.09. The van der Waals surface area contributed by atoms with E-state index in [1.807, 2.05) is 31.9 Å². The van der Waals surface area contributed by atoms with Crippen molar-refractivity contribution in [1.29, 1.82) is 5.26 Å². The highest BCUT2D eigenvalue weighted by Crippen LogP contribution is 2.45. The highest BCUT2D eigenvalue weighted by atomic mass is 35.5. The minimum absolute atomic E-state index is 0.0918. The van der Waals surface area contributed by atoms with Gasteiger partial charge in [0.15, 0.2) is 0 Å². The highest BCUT2D eigenvalue weighted by molar-refractivity contribution is 6.32. The second-order valence-electron chi connectivity index (χ2n) is 8.39. The predicted octanol–water partition coefficient (Wildman–Crippen LogP) is 3.77. The van der Waals surface area contributed by atoms with E-state index in [0.717, 1.165) is 35.4 Å². The van der Waals surface area contributed by atoms with Gasteiger partial charge in [-0.25, -0.2) is 9.97 Å². The Morgan fingerprint density at radius 3 is 2.79 bits per heavy atom. The molecule has 8 nitrogen and oxygen atoms in total. The van der Waals surface area contributed by atoms with E-state index in [1.165, 1.54) is 6.33 Å². The summed E-state index contributed by atoms with van der Waals surface area (Å²) < 4.78 is 5.89. The largest absolute Gasteiger partial charge is 0.496 e. The number of β-amino-alcohol motifs (C(OH)–C–C–N with tert-alkyl or cyclic N) is 1. The third-order valence-electron chi connectivity index (χ3n) is 6.38. The smallest absolute Gasteiger partial charge is 0.141 e. The Labute approximate surface area is 205 Å². The Kier molecular flexibility index (Phi) is 8.15. The number of benzene rings is 1. The first-order valence-corrected chi connectivity index (χ1v) is 11.4. The van der Waals surface area contributed by atoms with Gasteiger partial charge in [-0.15, -0.1) is 0 Å². The maximum Gasteiger partial charge on any atom is 0.141 e. The van der Waals surface area contributed by atoms with Crippen molar-refractivity contribution in [2.75, 3.05) is 51.0 Å². The average molecular weight is 483 g/mol. The lowest BCUT2D eigenvalue weighted by Gasteiger charge is -2.41. The molecule has 0 saturated carbocycles. The third kappa shape index (κ3) is 4.73. The zero-order valence-electron chi connectivity index (χ0n) is 20.0. The first-order valence-electron chi connectivity index (χ1n) is 11.0. The van der Waals surface area contributed by atoms with Crippen molar-refractivity contribution in [2.24, 2.45) is 0 Å². The Morgan fingerprint density at radius 1 is 1.50 bits per heavy atom. The van der Waals surface area contributed by atoms with Crippen LogP contribution in [0.5, 0.6) is 5.75 Å². The molecular formula is C25H31ClN6O2. The molecule has 1 saturated heterocycles. The first-order chi connectivity index (χ1) is 16.3. The lowest BCUT2D eigenvalue weighted by atomic mass is 9.85. The van der Waals surface area contributed by atoms with Crippen LogP contribution in [0.3, 0.4) is 0 Å². The van der Waals surface area contributed by atoms with Crippen molar-refractivity contribution in [3.8, 4) is 11.8 Å². The Hall–Kier alpha value is -3.12. The van der Waals surface area contributed by atoms with E-state index in [-0.39, 0.29) is 18.6 Å². The van der Waals surface area contributed by atoms with Crippen LogP contribution in [0.1, 0.15) is 48.1 Å². The number of nitrogens with two attached hydrogens (primary N) is 1. The second kappa shape index (κ2) is 10.9. The third-order valence-corrected chi connectivity index (χ3v) is 6.68. The van der Waals surface area contributed by atoms with Gasteiger partial charge in [-0.05, 0) is 25.5 Å². The summed E-state index contributed by atoms with van der Waals surface area (Å²) in [6.45, 7) is 9.89. The number of methoxy groups -OCH3 is 1. The van der Waals surface area contributed by atoms with Crippen LogP contribution in [0.2, 0.25) is 5.02 Å². The summed E-state index contributed by atoms with van der Waals surface area (Å²) in [6.07, 6.45) is 5.00. The van der Waals surface area contributed by atoms with Crippen molar-refractivity contribution in [3.05, 3.63) is 58.4 Å². The molecule has 2 heterocycles. The quantitative estimate of drug-likeness (QED) is 0.519. The number of nitriles is 1. The summed E-state index contributed by atoms with van der Waals surface area (Å²) in [4.78, 5) is 12.8. The number of halogens is 1. The molecule has 0 amide bonds. The number of ether oxygens (including phenoxy) is 1. The van der Waals surface area contributed by atoms with Gasteiger partial charge < -0.3 is 20.5 Å². The molecular weight excluding hydrogens is 452 g/mol. The molecule has 1 aliphatic heterocycles. The maximum atomic E-state index is 9.85. The number of hydrogen-bond acceptors (Lipinski definition) is 8. The number of aliphatic hydroxyl groups excluding tert-OH is 1. The fraction of sp³-hybridized carbons (Fsp3) is 0.400. The number of likely N-dealkylation sites (tertiary alicyclic amines) is 1. The van der Waals surface area contributed by atoms with E-state index in [4.69, 9.17) is 22.1 Å². The normalized spacial score (nSPS) is 15.4. The zero-order chi connectivity index (χ0) is 25.0. The van der Waals surface area contributed by atoms with Gasteiger partial charge in [-0.1, -0.05) is 30.3 Å². The van der Waals surface area contributed by atoms with Crippen molar-refractivity contribution in [2.45, 2.75) is 25.8 Å². The van der Waals surface area contributed by atoms with Crippen LogP contribution in [0, 0.1) is 11.3 Å². The van der Waals surface area contributed by atoms with Gasteiger partial charge in [-0.2, -0.15) is 5.26 Å². The monoisotopic (exact) mass is 482 g/mol. The predicted molar refractivity (Wildman–Crippen MR) is 136 cm³/mol. The number of aromatic nitrogens is 2. The molecule has 1 atom stereocenters. The van der Waals surface area contributed by atoms with Crippen molar-refractivity contribution < 1.29 is 9.84 Å². The van der Waals surface area contributed by atoms with Crippen molar-refractivity contribution in [3.63, 3.8) is 0 Å². The molecule has 0 radical (unpaired) electrons. The number of nitrogen functional groups attached to an aromatic ring is 1. The summed E-state index contributed by atoms with van der Waals surface area (Å²) >= 11 is 6.61. The summed E-state index contributed by atoms with van der Waals surface area (Å²) in [5.41, 5.74) is 9.93. The van der Waals surface area contributed by atoms with Crippen LogP contribution in [0.4, 0.5) is 11.6 Å². The minimum Gasteiger partial charge on any atom is -0.496 e. The van der Waals surface area contributed by atoms with Gasteiger partial charge in [0.05, 0.1) is 35.9 Å². The van der Waals surface area contributed by atoms with Gasteiger partial charge >= 0.3 is 0 Å². The van der Waals surface area contributed by atoms with Gasteiger partial charge in [0.25, 0.3) is 0 Å². The van der Waals surface area contributed by atoms with Crippen LogP contribution in [0.15, 0.2) is 31.1 Å². The van der Waals surface area contributed by atoms with Gasteiger partial charge in [0.1, 0.15) is 29.8 Å². The van der Waals surface area contributed by atoms with Gasteiger partial charge in [-0.3, -0.25) is 4.90 Å². The van der Waals surface area contributed by atoms with Gasteiger partial charge in [0.2, 0.25) is 0 Å². The number of anilines is 2. The second-order valence-corrected chi connectivity index (χ2v) is 8.80. The standard InChI is InChI=1S/C25H31ClN6O2/c1-6-7-15(2)21-24(28)29-14-30-25(21)31(4)16(3)18-10-20(26)19(11-27)22(23(18)34-5)17-12-32(13-17)8-9-33/h6-7,10,14,16-17,33H,1,8-9,12-13H2,2-5H3,(H2,28,29,30)/b15-7+. The number of aliphatic hydroxyl groups is 1. The average Bonchev–Trinajstić information content (AvgIpc) is 2.79. The molecule has 9 heteroatoms. The molecule has 0 spiro atoms. The summed E-state index contributed by atoms with van der Waals surface area (Å²) in [5, 5.41) is 19.5. The number of nitrogens with zero attached hydrogens (tertiary/aromatic N) is 5. The Bertz CT molecular complexity index is 1140. The Morgan fingerprint density at radius 2 is 2.21 bits per heavy atom. The van der Waals surface area contributed by atoms with Crippen LogP contribution in [-0.4, -0.2) is 60.4 Å². The van der Waals surface area contributed by atoms with Crippen LogP contribution >= 0.6 is 11.6 Å². The highest BCUT2D eigenvalue weighted by Gasteiger charge is 2.35. The molecule has 1 aliphatic rings. The lowest BCUT2D eigenvalue weighted by molar-refractivity contribution is 0.114. The fourth-order valence-corrected chi connectivity index (χ4v) is 4.74. The van der Waals surface area contributed by atoms with E-state index in [0.29, 0.717) is 34.5 Å². The van der Waals surface area contributed by atoms with E-state index in [1.54, 1.807) is 19.3 Å².